The summed E-state index contributed by atoms with van der Waals surface area (Å²) in [7, 11) is 0. The highest BCUT2D eigenvalue weighted by Crippen LogP contribution is 2.17. The molecule has 0 aliphatic carbocycles. The molecule has 23 heavy (non-hydrogen) atoms. The zero-order chi connectivity index (χ0) is 16.7. The number of rotatable bonds is 7. The number of carbonyl (C=O) groups is 1. The zero-order valence-electron chi connectivity index (χ0n) is 13.9. The molecule has 4 nitrogen and oxygen atoms in total. The molecule has 2 rings (SSSR count). The van der Waals surface area contributed by atoms with E-state index in [1.165, 1.54) is 5.56 Å². The quantitative estimate of drug-likeness (QED) is 0.804. The van der Waals surface area contributed by atoms with Gasteiger partial charge >= 0.3 is 0 Å². The van der Waals surface area contributed by atoms with Crippen molar-refractivity contribution >= 4 is 17.3 Å². The number of amides is 1. The monoisotopic (exact) mass is 312 g/mol. The summed E-state index contributed by atoms with van der Waals surface area (Å²) in [5.74, 6) is 0.793. The van der Waals surface area contributed by atoms with Crippen LogP contribution in [0.1, 0.15) is 25.8 Å². The van der Waals surface area contributed by atoms with Gasteiger partial charge in [-0.15, -0.1) is 0 Å². The molecular weight excluding hydrogens is 288 g/mol. The van der Waals surface area contributed by atoms with E-state index in [4.69, 9.17) is 4.74 Å². The molecule has 0 saturated heterocycles. The number of benzene rings is 2. The van der Waals surface area contributed by atoms with Crippen LogP contribution in [0.5, 0.6) is 5.75 Å². The summed E-state index contributed by atoms with van der Waals surface area (Å²) >= 11 is 0. The van der Waals surface area contributed by atoms with Crippen molar-refractivity contribution in [3.8, 4) is 5.75 Å². The third-order valence-corrected chi connectivity index (χ3v) is 3.24. The Morgan fingerprint density at radius 3 is 2.22 bits per heavy atom. The highest BCUT2D eigenvalue weighted by atomic mass is 16.5. The molecule has 2 aromatic rings. The Kier molecular flexibility index (Phi) is 6.03. The smallest absolute Gasteiger partial charge is 0.226 e. The number of aryl methyl sites for hydroxylation is 1. The van der Waals surface area contributed by atoms with Crippen LogP contribution in [0.3, 0.4) is 0 Å². The molecule has 0 unspecified atom stereocenters. The average Bonchev–Trinajstić information content (AvgIpc) is 2.51. The first kappa shape index (κ1) is 16.9. The van der Waals surface area contributed by atoms with Crippen molar-refractivity contribution in [3.05, 3.63) is 54.1 Å². The van der Waals surface area contributed by atoms with Gasteiger partial charge in [-0.25, -0.2) is 0 Å². The zero-order valence-corrected chi connectivity index (χ0v) is 13.9. The maximum Gasteiger partial charge on any atom is 0.226 e. The molecule has 122 valence electrons. The van der Waals surface area contributed by atoms with Crippen molar-refractivity contribution in [3.63, 3.8) is 0 Å². The minimum absolute atomic E-state index is 0.0119. The molecule has 0 bridgehead atoms. The lowest BCUT2D eigenvalue weighted by Crippen LogP contribution is -2.16. The van der Waals surface area contributed by atoms with Crippen LogP contribution < -0.4 is 15.4 Å². The van der Waals surface area contributed by atoms with Crippen molar-refractivity contribution in [1.29, 1.82) is 0 Å². The van der Waals surface area contributed by atoms with Gasteiger partial charge in [0, 0.05) is 24.3 Å². The van der Waals surface area contributed by atoms with E-state index >= 15 is 0 Å². The predicted octanol–water partition coefficient (Wildman–Crippen LogP) is 4.22. The first-order valence-electron chi connectivity index (χ1n) is 7.90. The van der Waals surface area contributed by atoms with Crippen molar-refractivity contribution in [1.82, 2.24) is 0 Å². The van der Waals surface area contributed by atoms with E-state index in [9.17, 15) is 4.79 Å². The molecule has 0 atom stereocenters. The Hall–Kier alpha value is -2.49. The third kappa shape index (κ3) is 6.02. The largest absolute Gasteiger partial charge is 0.491 e. The minimum Gasteiger partial charge on any atom is -0.491 e. The lowest BCUT2D eigenvalue weighted by molar-refractivity contribution is -0.115. The van der Waals surface area contributed by atoms with Gasteiger partial charge in [0.25, 0.3) is 0 Å². The number of ether oxygens (including phenoxy) is 1. The highest BCUT2D eigenvalue weighted by Gasteiger charge is 2.03. The maximum atomic E-state index is 11.9. The Balaban J connectivity index is 1.75. The number of nitrogens with one attached hydrogen (secondary N) is 2. The standard InChI is InChI=1S/C19H24N2O2/c1-14(2)23-18-10-8-17(9-11-18)21-19(22)12-13-20-16-6-4-15(3)5-7-16/h4-11,14,20H,12-13H2,1-3H3,(H,21,22). The van der Waals surface area contributed by atoms with Crippen LogP contribution in [0.15, 0.2) is 48.5 Å². The van der Waals surface area contributed by atoms with E-state index in [-0.39, 0.29) is 12.0 Å². The second kappa shape index (κ2) is 8.22. The van der Waals surface area contributed by atoms with Crippen molar-refractivity contribution in [2.24, 2.45) is 0 Å². The van der Waals surface area contributed by atoms with E-state index in [0.717, 1.165) is 17.1 Å². The SMILES string of the molecule is Cc1ccc(NCCC(=O)Nc2ccc(OC(C)C)cc2)cc1. The summed E-state index contributed by atoms with van der Waals surface area (Å²) < 4.78 is 5.57. The molecular formula is C19H24N2O2. The van der Waals surface area contributed by atoms with Gasteiger partial charge in [-0.2, -0.15) is 0 Å². The molecule has 2 aromatic carbocycles. The summed E-state index contributed by atoms with van der Waals surface area (Å²) in [4.78, 5) is 11.9. The van der Waals surface area contributed by atoms with Crippen LogP contribution in [0.25, 0.3) is 0 Å². The Morgan fingerprint density at radius 2 is 1.61 bits per heavy atom. The lowest BCUT2D eigenvalue weighted by Gasteiger charge is -2.11. The number of hydrogen-bond donors (Lipinski definition) is 2. The Morgan fingerprint density at radius 1 is 1.00 bits per heavy atom. The summed E-state index contributed by atoms with van der Waals surface area (Å²) in [6.07, 6.45) is 0.557. The number of anilines is 2. The van der Waals surface area contributed by atoms with E-state index in [2.05, 4.69) is 17.6 Å². The topological polar surface area (TPSA) is 50.4 Å². The molecule has 0 aliphatic heterocycles. The van der Waals surface area contributed by atoms with Gasteiger partial charge in [-0.1, -0.05) is 17.7 Å². The number of carbonyl (C=O) groups excluding carboxylic acids is 1. The van der Waals surface area contributed by atoms with E-state index in [1.54, 1.807) is 0 Å². The molecule has 0 saturated carbocycles. The van der Waals surface area contributed by atoms with Gasteiger partial charge in [0.15, 0.2) is 0 Å². The average molecular weight is 312 g/mol. The molecule has 0 aromatic heterocycles. The van der Waals surface area contributed by atoms with Crippen LogP contribution in [-0.4, -0.2) is 18.6 Å². The fraction of sp³-hybridized carbons (Fsp3) is 0.316. The molecule has 0 heterocycles. The molecule has 0 aliphatic rings. The van der Waals surface area contributed by atoms with Crippen LogP contribution in [0.2, 0.25) is 0 Å². The lowest BCUT2D eigenvalue weighted by atomic mass is 10.2. The van der Waals surface area contributed by atoms with Gasteiger partial charge in [0.05, 0.1) is 6.10 Å². The first-order valence-corrected chi connectivity index (χ1v) is 7.90. The van der Waals surface area contributed by atoms with E-state index in [1.807, 2.05) is 62.4 Å². The fourth-order valence-electron chi connectivity index (χ4n) is 2.10. The number of hydrogen-bond acceptors (Lipinski definition) is 3. The van der Waals surface area contributed by atoms with Crippen LogP contribution >= 0.6 is 0 Å². The minimum atomic E-state index is -0.0119. The maximum absolute atomic E-state index is 11.9. The molecule has 0 radical (unpaired) electrons. The molecule has 2 N–H and O–H groups in total. The second-order valence-electron chi connectivity index (χ2n) is 5.78. The summed E-state index contributed by atoms with van der Waals surface area (Å²) in [6, 6.07) is 15.5. The van der Waals surface area contributed by atoms with Crippen molar-refractivity contribution < 1.29 is 9.53 Å². The van der Waals surface area contributed by atoms with E-state index < -0.39 is 0 Å². The molecule has 0 spiro atoms. The van der Waals surface area contributed by atoms with Crippen molar-refractivity contribution in [2.75, 3.05) is 17.2 Å². The normalized spacial score (nSPS) is 10.4. The molecule has 0 fully saturated rings. The Labute approximate surface area is 137 Å². The molecule has 4 heteroatoms. The highest BCUT2D eigenvalue weighted by molar-refractivity contribution is 5.91. The van der Waals surface area contributed by atoms with E-state index in [0.29, 0.717) is 13.0 Å². The summed E-state index contributed by atoms with van der Waals surface area (Å²) in [6.45, 7) is 6.62. The Bertz CT molecular complexity index is 619. The predicted molar refractivity (Wildman–Crippen MR) is 95.1 cm³/mol. The first-order chi connectivity index (χ1) is 11.0. The van der Waals surface area contributed by atoms with Crippen LogP contribution in [-0.2, 0) is 4.79 Å². The summed E-state index contributed by atoms with van der Waals surface area (Å²) in [5.41, 5.74) is 3.03. The second-order valence-corrected chi connectivity index (χ2v) is 5.78. The third-order valence-electron chi connectivity index (χ3n) is 3.24. The van der Waals surface area contributed by atoms with Gasteiger partial charge in [0.2, 0.25) is 5.91 Å². The van der Waals surface area contributed by atoms with Crippen LogP contribution in [0, 0.1) is 6.92 Å². The van der Waals surface area contributed by atoms with Crippen LogP contribution in [0.4, 0.5) is 11.4 Å². The van der Waals surface area contributed by atoms with Gasteiger partial charge in [0.1, 0.15) is 5.75 Å². The van der Waals surface area contributed by atoms with Gasteiger partial charge < -0.3 is 15.4 Å². The van der Waals surface area contributed by atoms with Crippen molar-refractivity contribution in [2.45, 2.75) is 33.3 Å². The molecule has 1 amide bonds. The van der Waals surface area contributed by atoms with Gasteiger partial charge in [-0.05, 0) is 57.2 Å². The summed E-state index contributed by atoms with van der Waals surface area (Å²) in [5, 5.41) is 6.12. The fourth-order valence-corrected chi connectivity index (χ4v) is 2.10. The van der Waals surface area contributed by atoms with Gasteiger partial charge in [-0.3, -0.25) is 4.79 Å².